The minimum Gasteiger partial charge on any atom is -0.450 e. The van der Waals surface area contributed by atoms with Gasteiger partial charge in [0.1, 0.15) is 5.76 Å². The number of rotatable bonds is 1. The van der Waals surface area contributed by atoms with Crippen molar-refractivity contribution in [3.05, 3.63) is 57.3 Å². The van der Waals surface area contributed by atoms with E-state index in [2.05, 4.69) is 15.9 Å². The van der Waals surface area contributed by atoms with Gasteiger partial charge in [-0.2, -0.15) is 0 Å². The molecule has 1 aliphatic rings. The summed E-state index contributed by atoms with van der Waals surface area (Å²) in [5.41, 5.74) is 0.773. The van der Waals surface area contributed by atoms with Gasteiger partial charge in [-0.05, 0) is 46.3 Å². The van der Waals surface area contributed by atoms with Crippen molar-refractivity contribution in [2.75, 3.05) is 0 Å². The van der Waals surface area contributed by atoms with Crippen LogP contribution in [-0.2, 0) is 0 Å². The predicted molar refractivity (Wildman–Crippen MR) is 71.0 cm³/mol. The number of thioether (sulfide) groups is 1. The van der Waals surface area contributed by atoms with E-state index in [1.165, 1.54) is 11.8 Å². The van der Waals surface area contributed by atoms with Crippen LogP contribution in [-0.4, -0.2) is 5.78 Å². The molecule has 0 unspecified atom stereocenters. The molecule has 2 aromatic rings. The Kier molecular flexibility index (Phi) is 2.68. The maximum atomic E-state index is 12.1. The highest BCUT2D eigenvalue weighted by Crippen LogP contribution is 2.40. The van der Waals surface area contributed by atoms with Crippen molar-refractivity contribution in [2.45, 2.75) is 4.90 Å². The third-order valence-corrected chi connectivity index (χ3v) is 3.97. The van der Waals surface area contributed by atoms with Gasteiger partial charge >= 0.3 is 0 Å². The summed E-state index contributed by atoms with van der Waals surface area (Å²) >= 11 is 4.72. The molecule has 1 aromatic carbocycles. The molecule has 0 spiro atoms. The number of hydrogen-bond acceptors (Lipinski definition) is 3. The van der Waals surface area contributed by atoms with Crippen molar-refractivity contribution in [2.24, 2.45) is 0 Å². The van der Waals surface area contributed by atoms with Crippen LogP contribution in [0, 0.1) is 0 Å². The minimum absolute atomic E-state index is 0.0677. The summed E-state index contributed by atoms with van der Waals surface area (Å²) in [7, 11) is 0. The molecule has 3 rings (SSSR count). The zero-order valence-electron chi connectivity index (χ0n) is 8.64. The molecule has 0 bridgehead atoms. The Hall–Kier alpha value is -1.26. The van der Waals surface area contributed by atoms with Gasteiger partial charge in [0.2, 0.25) is 5.78 Å². The van der Waals surface area contributed by atoms with Crippen molar-refractivity contribution in [3.63, 3.8) is 0 Å². The average Bonchev–Trinajstić information content (AvgIpc) is 2.86. The van der Waals surface area contributed by atoms with Gasteiger partial charge in [0.05, 0.1) is 4.91 Å². The molecule has 0 amide bonds. The van der Waals surface area contributed by atoms with E-state index in [1.807, 2.05) is 36.4 Å². The number of furan rings is 1. The molecule has 2 nitrogen and oxygen atoms in total. The van der Waals surface area contributed by atoms with Crippen LogP contribution in [0.15, 0.2) is 55.3 Å². The van der Waals surface area contributed by atoms with Crippen molar-refractivity contribution in [1.29, 1.82) is 0 Å². The van der Waals surface area contributed by atoms with Crippen molar-refractivity contribution < 1.29 is 9.21 Å². The third kappa shape index (κ3) is 1.98. The van der Waals surface area contributed by atoms with Crippen LogP contribution in [0.2, 0.25) is 0 Å². The minimum atomic E-state index is 0.0677. The lowest BCUT2D eigenvalue weighted by Gasteiger charge is -1.91. The fourth-order valence-corrected chi connectivity index (χ4v) is 3.02. The Balaban J connectivity index is 1.99. The van der Waals surface area contributed by atoms with Gasteiger partial charge in [-0.1, -0.05) is 23.9 Å². The maximum Gasteiger partial charge on any atom is 0.200 e. The van der Waals surface area contributed by atoms with Crippen LogP contribution < -0.4 is 0 Å². The maximum absolute atomic E-state index is 12.1. The van der Waals surface area contributed by atoms with Gasteiger partial charge in [0.15, 0.2) is 4.67 Å². The van der Waals surface area contributed by atoms with Gasteiger partial charge in [-0.15, -0.1) is 0 Å². The zero-order chi connectivity index (χ0) is 11.8. The first-order chi connectivity index (χ1) is 8.24. The monoisotopic (exact) mass is 306 g/mol. The number of ketones is 1. The lowest BCUT2D eigenvalue weighted by molar-refractivity contribution is 0.104. The zero-order valence-corrected chi connectivity index (χ0v) is 11.0. The number of carbonyl (C=O) groups is 1. The van der Waals surface area contributed by atoms with E-state index in [-0.39, 0.29) is 5.78 Å². The van der Waals surface area contributed by atoms with E-state index in [4.69, 9.17) is 4.42 Å². The summed E-state index contributed by atoms with van der Waals surface area (Å²) in [5.74, 6) is 0.749. The first-order valence-corrected chi connectivity index (χ1v) is 6.63. The Morgan fingerprint density at radius 2 is 2.00 bits per heavy atom. The van der Waals surface area contributed by atoms with Crippen LogP contribution in [0.25, 0.3) is 6.08 Å². The largest absolute Gasteiger partial charge is 0.450 e. The molecule has 84 valence electrons. The van der Waals surface area contributed by atoms with Gasteiger partial charge in [0.25, 0.3) is 0 Å². The second kappa shape index (κ2) is 4.20. The SMILES string of the molecule is O=C1C(=Cc2ccc(Br)o2)Sc2ccccc21. The quantitative estimate of drug-likeness (QED) is 0.733. The molecule has 4 heteroatoms. The molecule has 0 saturated carbocycles. The topological polar surface area (TPSA) is 30.2 Å². The second-order valence-electron chi connectivity index (χ2n) is 3.58. The van der Waals surface area contributed by atoms with Gasteiger partial charge in [-0.3, -0.25) is 4.79 Å². The number of carbonyl (C=O) groups excluding carboxylic acids is 1. The molecule has 0 saturated heterocycles. The number of hydrogen-bond donors (Lipinski definition) is 0. The Morgan fingerprint density at radius 1 is 1.18 bits per heavy atom. The number of allylic oxidation sites excluding steroid dienone is 1. The highest BCUT2D eigenvalue weighted by molar-refractivity contribution is 9.10. The smallest absolute Gasteiger partial charge is 0.200 e. The van der Waals surface area contributed by atoms with Gasteiger partial charge in [-0.25, -0.2) is 0 Å². The lowest BCUT2D eigenvalue weighted by Crippen LogP contribution is -1.93. The standard InChI is InChI=1S/C13H7BrO2S/c14-12-6-5-8(16-12)7-11-13(15)9-3-1-2-4-10(9)17-11/h1-7H. The van der Waals surface area contributed by atoms with Gasteiger partial charge < -0.3 is 4.42 Å². The summed E-state index contributed by atoms with van der Waals surface area (Å²) < 4.78 is 6.03. The van der Waals surface area contributed by atoms with Crippen molar-refractivity contribution in [3.8, 4) is 0 Å². The summed E-state index contributed by atoms with van der Waals surface area (Å²) in [6, 6.07) is 11.3. The number of fused-ring (bicyclic) bond motifs is 1. The molecule has 0 atom stereocenters. The molecule has 17 heavy (non-hydrogen) atoms. The van der Waals surface area contributed by atoms with E-state index in [0.717, 1.165) is 10.5 Å². The van der Waals surface area contributed by atoms with Gasteiger partial charge in [0, 0.05) is 10.5 Å². The molecule has 1 aromatic heterocycles. The van der Waals surface area contributed by atoms with Crippen molar-refractivity contribution >= 4 is 39.6 Å². The Morgan fingerprint density at radius 3 is 2.71 bits per heavy atom. The predicted octanol–water partition coefficient (Wildman–Crippen LogP) is 4.37. The van der Waals surface area contributed by atoms with Crippen LogP contribution in [0.3, 0.4) is 0 Å². The van der Waals surface area contributed by atoms with Crippen LogP contribution in [0.1, 0.15) is 16.1 Å². The van der Waals surface area contributed by atoms with E-state index in [0.29, 0.717) is 15.3 Å². The molecule has 1 aliphatic heterocycles. The Labute approximate surface area is 111 Å². The molecule has 0 aliphatic carbocycles. The first kappa shape index (κ1) is 10.9. The van der Waals surface area contributed by atoms with E-state index in [9.17, 15) is 4.79 Å². The lowest BCUT2D eigenvalue weighted by atomic mass is 10.1. The van der Waals surface area contributed by atoms with E-state index in [1.54, 1.807) is 6.08 Å². The number of benzene rings is 1. The van der Waals surface area contributed by atoms with E-state index >= 15 is 0 Å². The summed E-state index contributed by atoms with van der Waals surface area (Å²) in [5, 5.41) is 0. The normalized spacial score (nSPS) is 16.5. The fourth-order valence-electron chi connectivity index (χ4n) is 1.67. The second-order valence-corrected chi connectivity index (χ2v) is 5.44. The molecule has 0 N–H and O–H groups in total. The highest BCUT2D eigenvalue weighted by Gasteiger charge is 2.25. The van der Waals surface area contributed by atoms with Crippen LogP contribution in [0.5, 0.6) is 0 Å². The first-order valence-electron chi connectivity index (χ1n) is 5.02. The number of Topliss-reactive ketones (excluding diaryl/α,β-unsaturated/α-hetero) is 1. The Bertz CT molecular complexity index is 628. The van der Waals surface area contributed by atoms with Crippen LogP contribution >= 0.6 is 27.7 Å². The van der Waals surface area contributed by atoms with Crippen LogP contribution in [0.4, 0.5) is 0 Å². The fraction of sp³-hybridized carbons (Fsp3) is 0. The molecule has 2 heterocycles. The summed E-state index contributed by atoms with van der Waals surface area (Å²) in [6.07, 6.45) is 1.78. The molecule has 0 fully saturated rings. The summed E-state index contributed by atoms with van der Waals surface area (Å²) in [6.45, 7) is 0. The molecular formula is C13H7BrO2S. The van der Waals surface area contributed by atoms with Crippen molar-refractivity contribution in [1.82, 2.24) is 0 Å². The molecular weight excluding hydrogens is 300 g/mol. The van der Waals surface area contributed by atoms with E-state index < -0.39 is 0 Å². The molecule has 0 radical (unpaired) electrons. The third-order valence-electron chi connectivity index (χ3n) is 2.44. The highest BCUT2D eigenvalue weighted by atomic mass is 79.9. The average molecular weight is 307 g/mol. The summed E-state index contributed by atoms with van der Waals surface area (Å²) in [4.78, 5) is 13.8. The number of halogens is 1.